The van der Waals surface area contributed by atoms with E-state index in [1.807, 2.05) is 0 Å². The van der Waals surface area contributed by atoms with Gasteiger partial charge < -0.3 is 34.5 Å². The molecule has 2 unspecified atom stereocenters. The lowest BCUT2D eigenvalue weighted by molar-refractivity contribution is -0.0503. The Morgan fingerprint density at radius 3 is 2.34 bits per heavy atom. The van der Waals surface area contributed by atoms with Crippen LogP contribution in [0.4, 0.5) is 0 Å². The summed E-state index contributed by atoms with van der Waals surface area (Å²) in [6.07, 6.45) is -3.79. The highest BCUT2D eigenvalue weighted by atomic mass is 32.1. The van der Waals surface area contributed by atoms with Gasteiger partial charge in [0.25, 0.3) is 0 Å². The van der Waals surface area contributed by atoms with E-state index in [1.165, 1.54) is 10.9 Å². The predicted molar refractivity (Wildman–Crippen MR) is 101 cm³/mol. The van der Waals surface area contributed by atoms with Crippen molar-refractivity contribution in [3.05, 3.63) is 18.1 Å². The zero-order valence-corrected chi connectivity index (χ0v) is 18.9. The Balaban J connectivity index is 1.72. The zero-order valence-electron chi connectivity index (χ0n) is 15.3. The lowest BCUT2D eigenvalue weighted by Gasteiger charge is -2.19. The normalized spacial score (nSPS) is 28.0. The van der Waals surface area contributed by atoms with Crippen LogP contribution in [0.3, 0.4) is 0 Å². The van der Waals surface area contributed by atoms with E-state index in [1.54, 1.807) is 0 Å². The standard InChI is InChI=1S/C10H16N5O13P3S/c11-8-5-9(13-3-15(8)32)14(2-12-5)10-7(17)6(16)4(26-10)1-25-30(21,22)28-31(23,24)27-29(18,19)20/h2-4,6-7,10-11,16-17,32H,1H2,(H,21,22)(H,23,24)(H2,18,19,20)/t4-,6-,7-,10-/m1/s1. The molecule has 6 atom stereocenters. The molecule has 3 heterocycles. The van der Waals surface area contributed by atoms with Crippen LogP contribution >= 0.6 is 36.3 Å². The summed E-state index contributed by atoms with van der Waals surface area (Å²) < 4.78 is 53.0. The van der Waals surface area contributed by atoms with E-state index in [2.05, 4.69) is 35.9 Å². The number of fused-ring (bicyclic) bond motifs is 1. The summed E-state index contributed by atoms with van der Waals surface area (Å²) in [6.45, 7) is -0.973. The second-order valence-electron chi connectivity index (χ2n) is 6.19. The van der Waals surface area contributed by atoms with Gasteiger partial charge in [-0.2, -0.15) is 8.62 Å². The fourth-order valence-corrected chi connectivity index (χ4v) is 5.86. The molecule has 2 aromatic heterocycles. The molecular formula is C10H16N5O13P3S. The van der Waals surface area contributed by atoms with E-state index in [0.29, 0.717) is 0 Å². The molecule has 0 spiro atoms. The number of aliphatic hydroxyl groups excluding tert-OH is 2. The topological polar surface area (TPSA) is 269 Å². The van der Waals surface area contributed by atoms with Crippen molar-refractivity contribution < 1.29 is 61.4 Å². The summed E-state index contributed by atoms with van der Waals surface area (Å²) in [6, 6.07) is 0. The van der Waals surface area contributed by atoms with Gasteiger partial charge in [-0.15, -0.1) is 0 Å². The molecule has 0 amide bonds. The van der Waals surface area contributed by atoms with E-state index in [9.17, 15) is 28.8 Å². The molecular weight excluding hydrogens is 523 g/mol. The summed E-state index contributed by atoms with van der Waals surface area (Å²) in [7, 11) is -16.7. The van der Waals surface area contributed by atoms with Crippen LogP contribution in [0.2, 0.25) is 0 Å². The van der Waals surface area contributed by atoms with Gasteiger partial charge >= 0.3 is 23.5 Å². The minimum atomic E-state index is -5.71. The van der Waals surface area contributed by atoms with Crippen LogP contribution in [0.1, 0.15) is 6.23 Å². The van der Waals surface area contributed by atoms with Crippen LogP contribution in [0, 0.1) is 5.41 Å². The third-order valence-electron chi connectivity index (χ3n) is 3.94. The Morgan fingerprint density at radius 2 is 1.72 bits per heavy atom. The van der Waals surface area contributed by atoms with Gasteiger partial charge in [0, 0.05) is 0 Å². The van der Waals surface area contributed by atoms with Crippen LogP contribution in [0.15, 0.2) is 12.7 Å². The van der Waals surface area contributed by atoms with Gasteiger partial charge in [0.1, 0.15) is 24.6 Å². The van der Waals surface area contributed by atoms with E-state index in [4.69, 9.17) is 24.8 Å². The number of nitrogens with one attached hydrogen (secondary N) is 1. The largest absolute Gasteiger partial charge is 0.490 e. The number of hydrogen-bond acceptors (Lipinski definition) is 13. The molecule has 0 radical (unpaired) electrons. The second kappa shape index (κ2) is 8.98. The number of imidazole rings is 1. The van der Waals surface area contributed by atoms with Gasteiger partial charge in [-0.25, -0.2) is 23.7 Å². The smallest absolute Gasteiger partial charge is 0.387 e. The number of ether oxygens (including phenoxy) is 1. The minimum Gasteiger partial charge on any atom is -0.387 e. The number of rotatable bonds is 8. The van der Waals surface area contributed by atoms with Crippen molar-refractivity contribution in [3.63, 3.8) is 0 Å². The summed E-state index contributed by atoms with van der Waals surface area (Å²) in [5.41, 5.74) is 0.0453. The molecule has 2 aromatic rings. The molecule has 0 saturated carbocycles. The fraction of sp³-hybridized carbons (Fsp3) is 0.500. The van der Waals surface area contributed by atoms with Crippen molar-refractivity contribution in [3.8, 4) is 0 Å². The monoisotopic (exact) mass is 539 g/mol. The van der Waals surface area contributed by atoms with Crippen molar-refractivity contribution in [1.82, 2.24) is 18.5 Å². The molecule has 0 aromatic carbocycles. The number of nitrogens with zero attached hydrogens (tertiary/aromatic N) is 4. The Bertz CT molecular complexity index is 1210. The maximum Gasteiger partial charge on any atom is 0.490 e. The number of phosphoric acid groups is 3. The van der Waals surface area contributed by atoms with Gasteiger partial charge in [-0.1, -0.05) is 12.8 Å². The first kappa shape index (κ1) is 25.6. The molecule has 1 aliphatic rings. The van der Waals surface area contributed by atoms with E-state index in [0.717, 1.165) is 10.3 Å². The second-order valence-corrected chi connectivity index (χ2v) is 11.0. The van der Waals surface area contributed by atoms with Crippen LogP contribution in [0.5, 0.6) is 0 Å². The molecule has 1 saturated heterocycles. The molecule has 1 aliphatic heterocycles. The molecule has 180 valence electrons. The highest BCUT2D eigenvalue weighted by Gasteiger charge is 2.47. The molecule has 18 nitrogen and oxygen atoms in total. The van der Waals surface area contributed by atoms with Crippen molar-refractivity contribution in [2.24, 2.45) is 0 Å². The summed E-state index contributed by atoms with van der Waals surface area (Å²) >= 11 is 3.97. The molecule has 0 bridgehead atoms. The summed E-state index contributed by atoms with van der Waals surface area (Å²) in [5.74, 6) is 0. The van der Waals surface area contributed by atoms with E-state index >= 15 is 0 Å². The molecule has 0 aliphatic carbocycles. The van der Waals surface area contributed by atoms with Crippen LogP contribution in [-0.2, 0) is 31.6 Å². The van der Waals surface area contributed by atoms with Gasteiger partial charge in [0.2, 0.25) is 0 Å². The van der Waals surface area contributed by atoms with E-state index in [-0.39, 0.29) is 16.7 Å². The molecule has 7 N–H and O–H groups in total. The van der Waals surface area contributed by atoms with Crippen molar-refractivity contribution in [2.75, 3.05) is 6.61 Å². The van der Waals surface area contributed by atoms with Crippen LogP contribution in [0.25, 0.3) is 11.2 Å². The highest BCUT2D eigenvalue weighted by molar-refractivity contribution is 7.78. The Kier molecular flexibility index (Phi) is 7.18. The first-order valence-corrected chi connectivity index (χ1v) is 13.0. The lowest BCUT2D eigenvalue weighted by Crippen LogP contribution is -2.33. The first-order chi connectivity index (χ1) is 14.6. The summed E-state index contributed by atoms with van der Waals surface area (Å²) in [5, 5.41) is 28.4. The predicted octanol–water partition coefficient (Wildman–Crippen LogP) is -1.63. The Labute approximate surface area is 182 Å². The van der Waals surface area contributed by atoms with Crippen LogP contribution in [-0.4, -0.2) is 73.2 Å². The Hall–Kier alpha value is -1.01. The molecule has 1 fully saturated rings. The van der Waals surface area contributed by atoms with E-state index < -0.39 is 54.6 Å². The molecule has 22 heteroatoms. The van der Waals surface area contributed by atoms with Crippen molar-refractivity contribution in [1.29, 1.82) is 5.41 Å². The lowest BCUT2D eigenvalue weighted by atomic mass is 10.1. The molecule has 3 rings (SSSR count). The summed E-state index contributed by atoms with van der Waals surface area (Å²) in [4.78, 5) is 43.6. The van der Waals surface area contributed by atoms with Crippen LogP contribution < -0.4 is 5.49 Å². The maximum absolute atomic E-state index is 11.8. The fourth-order valence-electron chi connectivity index (χ4n) is 2.68. The van der Waals surface area contributed by atoms with Gasteiger partial charge in [0.05, 0.1) is 12.9 Å². The quantitative estimate of drug-likeness (QED) is 0.138. The highest BCUT2D eigenvalue weighted by Crippen LogP contribution is 2.66. The third-order valence-corrected chi connectivity index (χ3v) is 8.05. The average Bonchev–Trinajstić information content (AvgIpc) is 3.16. The average molecular weight is 539 g/mol. The maximum atomic E-state index is 11.8. The number of aliphatic hydroxyl groups is 2. The minimum absolute atomic E-state index is 0.0875. The van der Waals surface area contributed by atoms with Gasteiger partial charge in [0.15, 0.2) is 22.9 Å². The third kappa shape index (κ3) is 5.72. The van der Waals surface area contributed by atoms with Crippen molar-refractivity contribution >= 4 is 47.4 Å². The zero-order chi connectivity index (χ0) is 24.1. The first-order valence-electron chi connectivity index (χ1n) is 8.08. The van der Waals surface area contributed by atoms with Gasteiger partial charge in [-0.3, -0.25) is 18.5 Å². The SMILES string of the molecule is N=c1c2ncn([C@@H]3O[C@H](COP(=O)(O)OP(=O)(O)OP(=O)(O)O)[C@@H](O)[C@H]3O)c2ncn1S. The number of hydrogen-bond donors (Lipinski definition) is 8. The van der Waals surface area contributed by atoms with Gasteiger partial charge in [-0.05, 0) is 0 Å². The number of aromatic nitrogens is 4. The number of thiol groups is 1. The number of phosphoric ester groups is 1. The molecule has 32 heavy (non-hydrogen) atoms. The van der Waals surface area contributed by atoms with Crippen molar-refractivity contribution in [2.45, 2.75) is 24.5 Å². The Morgan fingerprint density at radius 1 is 1.06 bits per heavy atom.